The van der Waals surface area contributed by atoms with E-state index in [0.29, 0.717) is 0 Å². The summed E-state index contributed by atoms with van der Waals surface area (Å²) in [4.78, 5) is 23.5. The van der Waals surface area contributed by atoms with Crippen LogP contribution in [0.5, 0.6) is 0 Å². The fourth-order valence-electron chi connectivity index (χ4n) is 6.71. The van der Waals surface area contributed by atoms with Gasteiger partial charge in [-0.1, -0.05) is 0 Å². The van der Waals surface area contributed by atoms with Crippen LogP contribution in [0.3, 0.4) is 0 Å². The minimum atomic E-state index is -1.45. The SMILES string of the molecule is COC(=O)C12C3C4C1C1(F)C2C3C41C(=O)OC. The molecule has 6 aliphatic carbocycles. The number of rotatable bonds is 2. The number of alkyl halides is 1. The van der Waals surface area contributed by atoms with Gasteiger partial charge in [0, 0.05) is 11.8 Å². The first-order valence-corrected chi connectivity index (χ1v) is 5.93. The largest absolute Gasteiger partial charge is 0.469 e. The van der Waals surface area contributed by atoms with Crippen LogP contribution in [0.1, 0.15) is 0 Å². The van der Waals surface area contributed by atoms with Crippen molar-refractivity contribution in [3.63, 3.8) is 0 Å². The summed E-state index contributed by atoms with van der Waals surface area (Å²) in [6, 6.07) is 0. The van der Waals surface area contributed by atoms with Crippen LogP contribution in [0.25, 0.3) is 0 Å². The molecule has 4 atom stereocenters. The molecule has 0 N–H and O–H groups in total. The Balaban J connectivity index is 1.59. The lowest BCUT2D eigenvalue weighted by molar-refractivity contribution is -0.662. The van der Waals surface area contributed by atoms with Crippen LogP contribution < -0.4 is 0 Å². The number of esters is 2. The van der Waals surface area contributed by atoms with Crippen LogP contribution in [0.2, 0.25) is 0 Å². The molecule has 0 aromatic carbocycles. The summed E-state index contributed by atoms with van der Waals surface area (Å²) >= 11 is 0. The van der Waals surface area contributed by atoms with E-state index < -0.39 is 22.5 Å². The van der Waals surface area contributed by atoms with Crippen LogP contribution >= 0.6 is 0 Å². The van der Waals surface area contributed by atoms with E-state index in [1.165, 1.54) is 14.2 Å². The zero-order valence-corrected chi connectivity index (χ0v) is 9.40. The van der Waals surface area contributed by atoms with Crippen LogP contribution in [0.15, 0.2) is 0 Å². The van der Waals surface area contributed by atoms with Gasteiger partial charge in [0.25, 0.3) is 0 Å². The van der Waals surface area contributed by atoms with Crippen LogP contribution in [-0.4, -0.2) is 31.8 Å². The second kappa shape index (κ2) is 1.80. The van der Waals surface area contributed by atoms with E-state index in [1.807, 2.05) is 0 Å². The molecule has 4 nitrogen and oxygen atoms in total. The number of methoxy groups -OCH3 is 2. The van der Waals surface area contributed by atoms with Gasteiger partial charge in [0.1, 0.15) is 11.1 Å². The van der Waals surface area contributed by atoms with Crippen molar-refractivity contribution in [2.45, 2.75) is 5.67 Å². The summed E-state index contributed by atoms with van der Waals surface area (Å²) in [5, 5.41) is 0. The molecule has 5 heteroatoms. The molecule has 90 valence electrons. The Morgan fingerprint density at radius 2 is 1.53 bits per heavy atom. The predicted molar refractivity (Wildman–Crippen MR) is 50.2 cm³/mol. The normalized spacial score (nSPS) is 69.5. The molecule has 4 unspecified atom stereocenters. The van der Waals surface area contributed by atoms with Crippen molar-refractivity contribution < 1.29 is 23.5 Å². The zero-order valence-electron chi connectivity index (χ0n) is 9.40. The second-order valence-electron chi connectivity index (χ2n) is 6.09. The molecule has 0 bridgehead atoms. The first-order chi connectivity index (χ1) is 8.07. The Bertz CT molecular complexity index is 507. The molecule has 0 spiro atoms. The molecule has 6 saturated carbocycles. The van der Waals surface area contributed by atoms with E-state index in [1.54, 1.807) is 0 Å². The van der Waals surface area contributed by atoms with Gasteiger partial charge in [-0.15, -0.1) is 0 Å². The maximum Gasteiger partial charge on any atom is 0.315 e. The van der Waals surface area contributed by atoms with Crippen molar-refractivity contribution in [2.24, 2.45) is 40.4 Å². The van der Waals surface area contributed by atoms with Crippen LogP contribution in [0, 0.1) is 40.4 Å². The van der Waals surface area contributed by atoms with Gasteiger partial charge >= 0.3 is 11.9 Å². The number of halogens is 1. The first kappa shape index (κ1) is 8.89. The highest BCUT2D eigenvalue weighted by Crippen LogP contribution is 3.12. The minimum Gasteiger partial charge on any atom is -0.469 e. The molecule has 0 heterocycles. The third-order valence-electron chi connectivity index (χ3n) is 6.73. The summed E-state index contributed by atoms with van der Waals surface area (Å²) in [6.07, 6.45) is 0. The molecule has 6 fully saturated rings. The van der Waals surface area contributed by atoms with E-state index in [9.17, 15) is 14.0 Å². The highest BCUT2D eigenvalue weighted by atomic mass is 19.1. The zero-order chi connectivity index (χ0) is 12.0. The third-order valence-corrected chi connectivity index (χ3v) is 6.73. The van der Waals surface area contributed by atoms with E-state index in [4.69, 9.17) is 9.47 Å². The molecule has 0 saturated heterocycles. The van der Waals surface area contributed by atoms with Gasteiger partial charge in [0.15, 0.2) is 0 Å². The molecule has 6 aliphatic rings. The predicted octanol–water partition coefficient (Wildman–Crippen LogP) is 0.162. The molecule has 6 rings (SSSR count). The van der Waals surface area contributed by atoms with Crippen molar-refractivity contribution >= 4 is 11.9 Å². The van der Waals surface area contributed by atoms with E-state index in [2.05, 4.69) is 0 Å². The molecule has 0 amide bonds. The number of carbonyl (C=O) groups excluding carboxylic acids is 2. The second-order valence-corrected chi connectivity index (χ2v) is 6.09. The Morgan fingerprint density at radius 1 is 1.00 bits per heavy atom. The lowest BCUT2D eigenvalue weighted by Gasteiger charge is -3.09. The van der Waals surface area contributed by atoms with E-state index in [0.717, 1.165) is 0 Å². The maximum absolute atomic E-state index is 14.8. The van der Waals surface area contributed by atoms with Gasteiger partial charge in [-0.05, 0) is 17.8 Å². The molecule has 0 aromatic rings. The van der Waals surface area contributed by atoms with Crippen molar-refractivity contribution in [1.82, 2.24) is 0 Å². The number of carbonyl (C=O) groups is 2. The number of hydrogen-bond acceptors (Lipinski definition) is 4. The van der Waals surface area contributed by atoms with Crippen molar-refractivity contribution in [3.8, 4) is 0 Å². The minimum absolute atomic E-state index is 0.0500. The van der Waals surface area contributed by atoms with Crippen molar-refractivity contribution in [2.75, 3.05) is 14.2 Å². The molecule has 0 radical (unpaired) electrons. The van der Waals surface area contributed by atoms with Crippen LogP contribution in [0.4, 0.5) is 4.39 Å². The fourth-order valence-corrected chi connectivity index (χ4v) is 6.71. The van der Waals surface area contributed by atoms with Gasteiger partial charge in [0.2, 0.25) is 0 Å². The van der Waals surface area contributed by atoms with E-state index >= 15 is 0 Å². The van der Waals surface area contributed by atoms with Crippen LogP contribution in [-0.2, 0) is 19.1 Å². The molecule has 0 aromatic heterocycles. The fraction of sp³-hybridized carbons (Fsp3) is 0.833. The third kappa shape index (κ3) is 0.367. The average molecular weight is 238 g/mol. The summed E-state index contributed by atoms with van der Waals surface area (Å²) in [7, 11) is 2.66. The summed E-state index contributed by atoms with van der Waals surface area (Å²) in [5.41, 5.74) is -2.86. The smallest absolute Gasteiger partial charge is 0.315 e. The Morgan fingerprint density at radius 3 is 1.94 bits per heavy atom. The van der Waals surface area contributed by atoms with Gasteiger partial charge in [-0.2, -0.15) is 0 Å². The van der Waals surface area contributed by atoms with Gasteiger partial charge < -0.3 is 9.47 Å². The highest BCUT2D eigenvalue weighted by molar-refractivity contribution is 5.99. The molecule has 0 aliphatic heterocycles. The Labute approximate surface area is 96.4 Å². The van der Waals surface area contributed by atoms with Crippen molar-refractivity contribution in [1.29, 1.82) is 0 Å². The van der Waals surface area contributed by atoms with Gasteiger partial charge in [-0.3, -0.25) is 9.59 Å². The summed E-state index contributed by atoms with van der Waals surface area (Å²) in [5.74, 6) is -0.902. The molecular formula is C12H11FO4. The average Bonchev–Trinajstić information content (AvgIpc) is 2.35. The number of ether oxygens (including phenoxy) is 2. The summed E-state index contributed by atoms with van der Waals surface area (Å²) < 4.78 is 24.3. The maximum atomic E-state index is 14.8. The standard InChI is InChI=1S/C12H11FO4/c1-16-8(14)10-3-4-6(10)12(13)7(10)5(3)11(4,12)9(15)17-2/h3-7H,1-2H3. The lowest BCUT2D eigenvalue weighted by Crippen LogP contribution is -3.18. The number of hydrogen-bond donors (Lipinski definition) is 0. The first-order valence-electron chi connectivity index (χ1n) is 5.93. The topological polar surface area (TPSA) is 52.6 Å². The monoisotopic (exact) mass is 238 g/mol. The van der Waals surface area contributed by atoms with Gasteiger partial charge in [-0.25, -0.2) is 4.39 Å². The Kier molecular flexibility index (Phi) is 0.941. The molecular weight excluding hydrogens is 227 g/mol. The van der Waals surface area contributed by atoms with Crippen molar-refractivity contribution in [3.05, 3.63) is 0 Å². The summed E-state index contributed by atoms with van der Waals surface area (Å²) in [6.45, 7) is 0. The van der Waals surface area contributed by atoms with Gasteiger partial charge in [0.05, 0.1) is 19.6 Å². The quantitative estimate of drug-likeness (QED) is 0.643. The van der Waals surface area contributed by atoms with E-state index in [-0.39, 0.29) is 35.6 Å². The molecule has 17 heavy (non-hydrogen) atoms. The Hall–Kier alpha value is -1.13. The highest BCUT2D eigenvalue weighted by Gasteiger charge is 3.20. The lowest BCUT2D eigenvalue weighted by atomic mass is 8.91.